The average molecular weight is 110 g/mol. The maximum atomic E-state index is 11.0. The van der Waals surface area contributed by atoms with E-state index in [4.69, 9.17) is 0 Å². The van der Waals surface area contributed by atoms with Gasteiger partial charge in [-0.2, -0.15) is 8.78 Å². The zero-order chi connectivity index (χ0) is 5.86. The second kappa shape index (κ2) is 2.46. The van der Waals surface area contributed by atoms with E-state index >= 15 is 0 Å². The highest BCUT2D eigenvalue weighted by Gasteiger charge is 2.05. The molecule has 0 aliphatic heterocycles. The summed E-state index contributed by atoms with van der Waals surface area (Å²) in [6.07, 6.45) is -0.148. The molecule has 2 N–H and O–H groups in total. The van der Waals surface area contributed by atoms with E-state index in [-0.39, 0.29) is 11.4 Å². The molecule has 0 saturated carbocycles. The number of carbonyl (C=O) groups excluding carboxylic acids is 1. The molecule has 0 bridgehead atoms. The van der Waals surface area contributed by atoms with Gasteiger partial charge in [0.05, 0.1) is 0 Å². The van der Waals surface area contributed by atoms with E-state index in [2.05, 4.69) is 5.84 Å². The van der Waals surface area contributed by atoms with E-state index in [0.29, 0.717) is 0 Å². The lowest BCUT2D eigenvalue weighted by Crippen LogP contribution is -2.34. The SMILES string of the molecule is NN(C=O)C(F)F. The molecular weight excluding hydrogens is 106 g/mol. The van der Waals surface area contributed by atoms with Gasteiger partial charge in [0, 0.05) is 0 Å². The Bertz CT molecular complexity index is 66.7. The Morgan fingerprint density at radius 2 is 2.14 bits per heavy atom. The molecule has 0 aliphatic carbocycles. The largest absolute Gasteiger partial charge is 0.330 e. The molecule has 1 amide bonds. The van der Waals surface area contributed by atoms with Gasteiger partial charge in [-0.1, -0.05) is 0 Å². The smallest absolute Gasteiger partial charge is 0.277 e. The highest BCUT2D eigenvalue weighted by atomic mass is 19.3. The standard InChI is InChI=1S/C2H4F2N2O/c3-2(4)6(5)1-7/h1-2H,5H2. The van der Waals surface area contributed by atoms with Crippen LogP contribution in [0.15, 0.2) is 0 Å². The number of hydrogen-bond donors (Lipinski definition) is 1. The zero-order valence-corrected chi connectivity index (χ0v) is 3.34. The number of nitrogens with zero attached hydrogens (tertiary/aromatic N) is 1. The van der Waals surface area contributed by atoms with E-state index in [0.717, 1.165) is 0 Å². The summed E-state index contributed by atoms with van der Waals surface area (Å²) in [7, 11) is 0. The van der Waals surface area contributed by atoms with Crippen LogP contribution in [0, 0.1) is 0 Å². The van der Waals surface area contributed by atoms with Crippen molar-refractivity contribution in [2.24, 2.45) is 5.84 Å². The zero-order valence-electron chi connectivity index (χ0n) is 3.34. The minimum absolute atomic E-state index is 0.148. The molecular formula is C2H4F2N2O. The lowest BCUT2D eigenvalue weighted by Gasteiger charge is -2.05. The summed E-state index contributed by atoms with van der Waals surface area (Å²) < 4.78 is 22.0. The molecule has 0 radical (unpaired) electrons. The van der Waals surface area contributed by atoms with Crippen LogP contribution >= 0.6 is 0 Å². The molecule has 42 valence electrons. The Morgan fingerprint density at radius 3 is 2.14 bits per heavy atom. The predicted octanol–water partition coefficient (Wildman–Crippen LogP) is -0.459. The third-order valence-corrected chi connectivity index (χ3v) is 0.347. The molecule has 0 spiro atoms. The maximum Gasteiger partial charge on any atom is 0.330 e. The fraction of sp³-hybridized carbons (Fsp3) is 0.500. The van der Waals surface area contributed by atoms with Crippen LogP contribution in [0.5, 0.6) is 0 Å². The van der Waals surface area contributed by atoms with Gasteiger partial charge in [-0.3, -0.25) is 4.79 Å². The molecule has 0 heterocycles. The Balaban J connectivity index is 3.33. The van der Waals surface area contributed by atoms with Crippen molar-refractivity contribution >= 4 is 6.41 Å². The van der Waals surface area contributed by atoms with E-state index < -0.39 is 6.55 Å². The number of rotatable bonds is 2. The van der Waals surface area contributed by atoms with Crippen LogP contribution in [-0.2, 0) is 4.79 Å². The van der Waals surface area contributed by atoms with Crippen molar-refractivity contribution in [1.29, 1.82) is 0 Å². The van der Waals surface area contributed by atoms with Gasteiger partial charge in [-0.15, -0.1) is 0 Å². The van der Waals surface area contributed by atoms with Crippen molar-refractivity contribution in [2.75, 3.05) is 0 Å². The first-order valence-corrected chi connectivity index (χ1v) is 1.45. The summed E-state index contributed by atoms with van der Waals surface area (Å²) in [4.78, 5) is 9.27. The number of hydrogen-bond acceptors (Lipinski definition) is 2. The third kappa shape index (κ3) is 2.05. The van der Waals surface area contributed by atoms with Gasteiger partial charge >= 0.3 is 6.55 Å². The molecule has 7 heavy (non-hydrogen) atoms. The summed E-state index contributed by atoms with van der Waals surface area (Å²) in [5.41, 5.74) is 0. The molecule has 0 rings (SSSR count). The van der Waals surface area contributed by atoms with Crippen molar-refractivity contribution in [2.45, 2.75) is 6.55 Å². The van der Waals surface area contributed by atoms with Gasteiger partial charge in [0.25, 0.3) is 0 Å². The number of nitrogens with two attached hydrogens (primary N) is 1. The number of carbonyl (C=O) groups is 1. The summed E-state index contributed by atoms with van der Waals surface area (Å²) >= 11 is 0. The van der Waals surface area contributed by atoms with E-state index in [9.17, 15) is 13.6 Å². The molecule has 0 fully saturated rings. The number of hydrazine groups is 1. The topological polar surface area (TPSA) is 46.3 Å². The molecule has 0 aromatic heterocycles. The van der Waals surface area contributed by atoms with Gasteiger partial charge in [0.2, 0.25) is 6.41 Å². The second-order valence-corrected chi connectivity index (χ2v) is 0.830. The van der Waals surface area contributed by atoms with Crippen molar-refractivity contribution in [3.05, 3.63) is 0 Å². The summed E-state index contributed by atoms with van der Waals surface area (Å²) in [5, 5.41) is -0.222. The van der Waals surface area contributed by atoms with Gasteiger partial charge in [0.1, 0.15) is 0 Å². The Kier molecular flexibility index (Phi) is 2.21. The average Bonchev–Trinajstić information content (AvgIpc) is 1.65. The normalized spacial score (nSPS) is 9.14. The summed E-state index contributed by atoms with van der Waals surface area (Å²) in [6.45, 7) is -2.89. The van der Waals surface area contributed by atoms with Gasteiger partial charge in [0.15, 0.2) is 0 Å². The Morgan fingerprint density at radius 1 is 1.71 bits per heavy atom. The number of amides is 1. The molecule has 0 atom stereocenters. The number of halogens is 2. The van der Waals surface area contributed by atoms with Gasteiger partial charge in [-0.25, -0.2) is 10.9 Å². The van der Waals surface area contributed by atoms with Crippen LogP contribution in [0.1, 0.15) is 0 Å². The molecule has 0 unspecified atom stereocenters. The van der Waals surface area contributed by atoms with E-state index in [1.54, 1.807) is 0 Å². The van der Waals surface area contributed by atoms with Crippen molar-refractivity contribution in [1.82, 2.24) is 5.01 Å². The molecule has 0 aromatic carbocycles. The van der Waals surface area contributed by atoms with Crippen LogP contribution in [0.3, 0.4) is 0 Å². The minimum atomic E-state index is -2.89. The molecule has 0 aromatic rings. The highest BCUT2D eigenvalue weighted by Crippen LogP contribution is 1.90. The molecule has 0 saturated heterocycles. The van der Waals surface area contributed by atoms with E-state index in [1.165, 1.54) is 0 Å². The van der Waals surface area contributed by atoms with Crippen LogP contribution < -0.4 is 5.84 Å². The first-order chi connectivity index (χ1) is 3.18. The molecule has 3 nitrogen and oxygen atoms in total. The Hall–Kier alpha value is -0.710. The lowest BCUT2D eigenvalue weighted by molar-refractivity contribution is -0.131. The fourth-order valence-electron chi connectivity index (χ4n) is 0.0460. The third-order valence-electron chi connectivity index (χ3n) is 0.347. The van der Waals surface area contributed by atoms with Crippen LogP contribution in [0.25, 0.3) is 0 Å². The maximum absolute atomic E-state index is 11.0. The van der Waals surface area contributed by atoms with Crippen LogP contribution in [0.4, 0.5) is 8.78 Å². The van der Waals surface area contributed by atoms with Gasteiger partial charge in [-0.05, 0) is 0 Å². The first-order valence-electron chi connectivity index (χ1n) is 1.45. The van der Waals surface area contributed by atoms with Gasteiger partial charge < -0.3 is 0 Å². The van der Waals surface area contributed by atoms with Crippen molar-refractivity contribution < 1.29 is 13.6 Å². The molecule has 0 aliphatic rings. The van der Waals surface area contributed by atoms with Crippen LogP contribution in [-0.4, -0.2) is 18.0 Å². The Labute approximate surface area is 38.7 Å². The van der Waals surface area contributed by atoms with E-state index in [1.807, 2.05) is 0 Å². The predicted molar refractivity (Wildman–Crippen MR) is 18.1 cm³/mol. The monoisotopic (exact) mass is 110 g/mol. The highest BCUT2D eigenvalue weighted by molar-refractivity contribution is 5.45. The molecule has 5 heteroatoms. The summed E-state index contributed by atoms with van der Waals surface area (Å²) in [6, 6.07) is 0. The fourth-order valence-corrected chi connectivity index (χ4v) is 0.0460. The second-order valence-electron chi connectivity index (χ2n) is 0.830. The first kappa shape index (κ1) is 6.29. The summed E-state index contributed by atoms with van der Waals surface area (Å²) in [5.74, 6) is 4.33. The van der Waals surface area contributed by atoms with Crippen molar-refractivity contribution in [3.8, 4) is 0 Å². The van der Waals surface area contributed by atoms with Crippen LogP contribution in [0.2, 0.25) is 0 Å². The van der Waals surface area contributed by atoms with Crippen molar-refractivity contribution in [3.63, 3.8) is 0 Å². The minimum Gasteiger partial charge on any atom is -0.277 e. The quantitative estimate of drug-likeness (QED) is 0.172. The number of alkyl halides is 2. The lowest BCUT2D eigenvalue weighted by atomic mass is 11.1.